The highest BCUT2D eigenvalue weighted by molar-refractivity contribution is 6.13. The molecule has 5 rings (SSSR count). The van der Waals surface area contributed by atoms with Crippen molar-refractivity contribution in [1.29, 1.82) is 0 Å². The van der Waals surface area contributed by atoms with Gasteiger partial charge in [-0.25, -0.2) is 23.7 Å². The number of aromatic nitrogens is 4. The van der Waals surface area contributed by atoms with E-state index in [9.17, 15) is 13.6 Å². The lowest BCUT2D eigenvalue weighted by Gasteiger charge is -2.30. The number of hydrogen-bond acceptors (Lipinski definition) is 5. The van der Waals surface area contributed by atoms with E-state index < -0.39 is 23.5 Å². The fraction of sp³-hybridized carbons (Fsp3) is 0.158. The second kappa shape index (κ2) is 5.06. The molecule has 8 heteroatoms. The van der Waals surface area contributed by atoms with Gasteiger partial charge in [-0.05, 0) is 32.0 Å². The standard InChI is InChI=1S/C19H12F2N4O2/c1-19(2)12-8-22-7-11-9-3-4-13(10-5-6-23-16(21)14(10)20)24-17(9)25(15(11)12)18(26)27-19/h3-8H,1-2H3. The van der Waals surface area contributed by atoms with Crippen LogP contribution in [0, 0.1) is 11.8 Å². The van der Waals surface area contributed by atoms with Gasteiger partial charge >= 0.3 is 6.09 Å². The maximum absolute atomic E-state index is 14.1. The number of pyridine rings is 3. The van der Waals surface area contributed by atoms with Crippen LogP contribution >= 0.6 is 0 Å². The lowest BCUT2D eigenvalue weighted by molar-refractivity contribution is 0.0336. The van der Waals surface area contributed by atoms with E-state index in [0.717, 1.165) is 17.1 Å². The van der Waals surface area contributed by atoms with E-state index in [1.54, 1.807) is 38.4 Å². The molecule has 0 unspecified atom stereocenters. The average molecular weight is 366 g/mol. The molecule has 134 valence electrons. The Balaban J connectivity index is 1.89. The van der Waals surface area contributed by atoms with Gasteiger partial charge in [0, 0.05) is 40.5 Å². The summed E-state index contributed by atoms with van der Waals surface area (Å²) in [6.45, 7) is 3.58. The summed E-state index contributed by atoms with van der Waals surface area (Å²) < 4.78 is 34.5. The molecule has 0 spiro atoms. The first kappa shape index (κ1) is 15.8. The van der Waals surface area contributed by atoms with E-state index in [4.69, 9.17) is 4.74 Å². The second-order valence-electron chi connectivity index (χ2n) is 6.83. The molecular weight excluding hydrogens is 354 g/mol. The summed E-state index contributed by atoms with van der Waals surface area (Å²) in [6, 6.07) is 4.62. The van der Waals surface area contributed by atoms with Crippen LogP contribution in [0.2, 0.25) is 0 Å². The van der Waals surface area contributed by atoms with Gasteiger partial charge in [0.2, 0.25) is 5.95 Å². The maximum atomic E-state index is 14.1. The lowest BCUT2D eigenvalue weighted by Crippen LogP contribution is -2.33. The Morgan fingerprint density at radius 3 is 2.74 bits per heavy atom. The molecule has 5 heterocycles. The summed E-state index contributed by atoms with van der Waals surface area (Å²) in [6.07, 6.45) is 3.89. The number of fused-ring (bicyclic) bond motifs is 3. The Morgan fingerprint density at radius 1 is 1.11 bits per heavy atom. The monoisotopic (exact) mass is 366 g/mol. The molecule has 0 amide bonds. The Labute approximate surface area is 151 Å². The molecule has 4 aromatic rings. The number of halogens is 2. The van der Waals surface area contributed by atoms with Crippen LogP contribution in [0.1, 0.15) is 19.4 Å². The molecule has 0 fully saturated rings. The minimum Gasteiger partial charge on any atom is -0.438 e. The first-order valence-corrected chi connectivity index (χ1v) is 8.22. The number of rotatable bonds is 1. The minimum absolute atomic E-state index is 0.0367. The van der Waals surface area contributed by atoms with Crippen molar-refractivity contribution in [3.63, 3.8) is 0 Å². The Bertz CT molecular complexity index is 1280. The van der Waals surface area contributed by atoms with Gasteiger partial charge in [0.1, 0.15) is 5.60 Å². The Kier molecular flexibility index (Phi) is 2.96. The summed E-state index contributed by atoms with van der Waals surface area (Å²) in [5, 5.41) is 1.42. The molecule has 1 aliphatic rings. The quantitative estimate of drug-likeness (QED) is 0.473. The SMILES string of the molecule is CC1(C)OC(=O)n2c3nc(-c4ccnc(F)c4F)ccc3c3cncc1c32. The average Bonchev–Trinajstić information content (AvgIpc) is 2.96. The van der Waals surface area contributed by atoms with Gasteiger partial charge in [-0.2, -0.15) is 4.39 Å². The van der Waals surface area contributed by atoms with Gasteiger partial charge in [0.15, 0.2) is 11.5 Å². The minimum atomic E-state index is -1.20. The molecule has 4 aromatic heterocycles. The molecule has 0 atom stereocenters. The lowest BCUT2D eigenvalue weighted by atomic mass is 9.97. The molecule has 1 aliphatic heterocycles. The number of cyclic esters (lactones) is 1. The zero-order chi connectivity index (χ0) is 18.9. The summed E-state index contributed by atoms with van der Waals surface area (Å²) in [4.78, 5) is 24.6. The van der Waals surface area contributed by atoms with Crippen LogP contribution in [0.15, 0.2) is 36.8 Å². The fourth-order valence-corrected chi connectivity index (χ4v) is 3.53. The molecular formula is C19H12F2N4O2. The Morgan fingerprint density at radius 2 is 1.93 bits per heavy atom. The largest absolute Gasteiger partial charge is 0.438 e. The predicted molar refractivity (Wildman–Crippen MR) is 93.1 cm³/mol. The normalized spacial score (nSPS) is 15.3. The van der Waals surface area contributed by atoms with Gasteiger partial charge in [0.05, 0.1) is 11.2 Å². The van der Waals surface area contributed by atoms with Crippen LogP contribution < -0.4 is 0 Å². The van der Waals surface area contributed by atoms with E-state index in [1.165, 1.54) is 10.6 Å². The van der Waals surface area contributed by atoms with Crippen molar-refractivity contribution in [3.8, 4) is 11.3 Å². The van der Waals surface area contributed by atoms with Crippen LogP contribution in [-0.2, 0) is 10.3 Å². The van der Waals surface area contributed by atoms with Gasteiger partial charge in [0.25, 0.3) is 0 Å². The summed E-state index contributed by atoms with van der Waals surface area (Å²) in [5.41, 5.74) is 1.02. The molecule has 0 N–H and O–H groups in total. The third-order valence-corrected chi connectivity index (χ3v) is 4.81. The Hall–Kier alpha value is -3.42. The summed E-state index contributed by atoms with van der Waals surface area (Å²) in [5.74, 6) is -2.30. The van der Waals surface area contributed by atoms with Crippen LogP contribution in [0.4, 0.5) is 13.6 Å². The van der Waals surface area contributed by atoms with Crippen molar-refractivity contribution in [2.24, 2.45) is 0 Å². The highest BCUT2D eigenvalue weighted by Gasteiger charge is 2.37. The number of hydrogen-bond donors (Lipinski definition) is 0. The molecule has 27 heavy (non-hydrogen) atoms. The predicted octanol–water partition coefficient (Wildman–Crippen LogP) is 4.16. The van der Waals surface area contributed by atoms with Gasteiger partial charge < -0.3 is 4.74 Å². The fourth-order valence-electron chi connectivity index (χ4n) is 3.53. The third-order valence-electron chi connectivity index (χ3n) is 4.81. The van der Waals surface area contributed by atoms with E-state index in [1.807, 2.05) is 0 Å². The molecule has 0 saturated heterocycles. The topological polar surface area (TPSA) is 69.9 Å². The zero-order valence-corrected chi connectivity index (χ0v) is 14.3. The van der Waals surface area contributed by atoms with Crippen molar-refractivity contribution in [3.05, 3.63) is 54.1 Å². The smallest absolute Gasteiger partial charge is 0.421 e. The van der Waals surface area contributed by atoms with Crippen LogP contribution in [0.3, 0.4) is 0 Å². The van der Waals surface area contributed by atoms with Gasteiger partial charge in [-0.3, -0.25) is 4.98 Å². The van der Waals surface area contributed by atoms with Crippen molar-refractivity contribution < 1.29 is 18.3 Å². The molecule has 0 aliphatic carbocycles. The highest BCUT2D eigenvalue weighted by Crippen LogP contribution is 2.40. The first-order chi connectivity index (χ1) is 12.9. The third kappa shape index (κ3) is 2.03. The van der Waals surface area contributed by atoms with E-state index >= 15 is 0 Å². The number of carbonyl (C=O) groups excluding carboxylic acids is 1. The van der Waals surface area contributed by atoms with Crippen molar-refractivity contribution in [1.82, 2.24) is 19.5 Å². The van der Waals surface area contributed by atoms with Gasteiger partial charge in [-0.15, -0.1) is 0 Å². The second-order valence-corrected chi connectivity index (χ2v) is 6.83. The summed E-state index contributed by atoms with van der Waals surface area (Å²) in [7, 11) is 0. The molecule has 0 bridgehead atoms. The molecule has 0 aromatic carbocycles. The van der Waals surface area contributed by atoms with Crippen LogP contribution in [-0.4, -0.2) is 25.6 Å². The van der Waals surface area contributed by atoms with E-state index in [0.29, 0.717) is 16.6 Å². The molecule has 0 radical (unpaired) electrons. The number of ether oxygens (including phenoxy) is 1. The van der Waals surface area contributed by atoms with Crippen molar-refractivity contribution in [2.75, 3.05) is 0 Å². The number of carbonyl (C=O) groups is 1. The van der Waals surface area contributed by atoms with Crippen LogP contribution in [0.25, 0.3) is 33.2 Å². The zero-order valence-electron chi connectivity index (χ0n) is 14.3. The van der Waals surface area contributed by atoms with Crippen molar-refractivity contribution in [2.45, 2.75) is 19.4 Å². The van der Waals surface area contributed by atoms with E-state index in [-0.39, 0.29) is 11.3 Å². The highest BCUT2D eigenvalue weighted by atomic mass is 19.2. The maximum Gasteiger partial charge on any atom is 0.421 e. The molecule has 0 saturated carbocycles. The summed E-state index contributed by atoms with van der Waals surface area (Å²) >= 11 is 0. The molecule has 6 nitrogen and oxygen atoms in total. The van der Waals surface area contributed by atoms with Crippen molar-refractivity contribution >= 4 is 28.0 Å². The van der Waals surface area contributed by atoms with E-state index in [2.05, 4.69) is 15.0 Å². The van der Waals surface area contributed by atoms with Gasteiger partial charge in [-0.1, -0.05) is 0 Å². The van der Waals surface area contributed by atoms with Crippen LogP contribution in [0.5, 0.6) is 0 Å². The number of nitrogens with zero attached hydrogens (tertiary/aromatic N) is 4. The first-order valence-electron chi connectivity index (χ1n) is 8.22.